The molecule has 0 spiro atoms. The van der Waals surface area contributed by atoms with E-state index in [0.29, 0.717) is 0 Å². The van der Waals surface area contributed by atoms with Gasteiger partial charge in [0.15, 0.2) is 0 Å². The first-order valence-electron chi connectivity index (χ1n) is 5.91. The van der Waals surface area contributed by atoms with Crippen molar-refractivity contribution >= 4 is 6.08 Å². The summed E-state index contributed by atoms with van der Waals surface area (Å²) in [6, 6.07) is 8.52. The van der Waals surface area contributed by atoms with Crippen molar-refractivity contribution in [1.29, 1.82) is 0 Å². The smallest absolute Gasteiger partial charge is 0.0340 e. The second kappa shape index (κ2) is 6.01. The number of hydrogen-bond acceptors (Lipinski definition) is 0. The molecule has 0 aliphatic heterocycles. The predicted molar refractivity (Wildman–Crippen MR) is 68.9 cm³/mol. The fourth-order valence-electron chi connectivity index (χ4n) is 1.74. The normalized spacial score (nSPS) is 15.2. The van der Waals surface area contributed by atoms with Crippen molar-refractivity contribution in [2.75, 3.05) is 0 Å². The van der Waals surface area contributed by atoms with Crippen LogP contribution in [-0.4, -0.2) is 0 Å². The molecule has 0 N–H and O–H groups in total. The molecule has 0 saturated carbocycles. The van der Waals surface area contributed by atoms with E-state index in [-0.39, 0.29) is 0 Å². The van der Waals surface area contributed by atoms with E-state index in [2.05, 4.69) is 54.0 Å². The quantitative estimate of drug-likeness (QED) is 0.447. The van der Waals surface area contributed by atoms with E-state index in [1.165, 1.54) is 24.0 Å². The monoisotopic (exact) mass is 208 g/mol. The van der Waals surface area contributed by atoms with Gasteiger partial charge in [0, 0.05) is 12.8 Å². The highest BCUT2D eigenvalue weighted by atomic mass is 14.0. The molecule has 1 aliphatic rings. The van der Waals surface area contributed by atoms with E-state index in [9.17, 15) is 0 Å². The summed E-state index contributed by atoms with van der Waals surface area (Å²) in [6.45, 7) is 0. The molecule has 0 radical (unpaired) electrons. The van der Waals surface area contributed by atoms with Crippen LogP contribution in [0.5, 0.6) is 0 Å². The Morgan fingerprint density at radius 1 is 1.06 bits per heavy atom. The standard InChI is InChI=1S/C16H16/c1-2-4-6-8-11-16-13-9-12-15(14-16)10-7-5-3-1/h5,9-10,12-14H,1-4,11H2. The Labute approximate surface area is 97.7 Å². The van der Waals surface area contributed by atoms with Crippen molar-refractivity contribution in [2.24, 2.45) is 0 Å². The Morgan fingerprint density at radius 2 is 2.06 bits per heavy atom. The molecule has 0 atom stereocenters. The van der Waals surface area contributed by atoms with Crippen LogP contribution < -0.4 is 0 Å². The van der Waals surface area contributed by atoms with Crippen molar-refractivity contribution in [3.63, 3.8) is 0 Å². The molecular formula is C16H16. The van der Waals surface area contributed by atoms with E-state index < -0.39 is 0 Å². The molecule has 0 fully saturated rings. The number of hydrogen-bond donors (Lipinski definition) is 0. The Bertz CT molecular complexity index is 462. The van der Waals surface area contributed by atoms with Crippen LogP contribution in [0, 0.1) is 11.8 Å². The van der Waals surface area contributed by atoms with Gasteiger partial charge >= 0.3 is 0 Å². The largest absolute Gasteiger partial charge is 0.125 e. The van der Waals surface area contributed by atoms with Gasteiger partial charge in [-0.2, -0.15) is 0 Å². The van der Waals surface area contributed by atoms with Crippen molar-refractivity contribution < 1.29 is 0 Å². The second-order valence-corrected chi connectivity index (χ2v) is 4.04. The molecule has 16 heavy (non-hydrogen) atoms. The zero-order valence-electron chi connectivity index (χ0n) is 9.50. The highest BCUT2D eigenvalue weighted by Gasteiger charge is 1.91. The fraction of sp³-hybridized carbons (Fsp3) is 0.312. The van der Waals surface area contributed by atoms with Gasteiger partial charge in [0.05, 0.1) is 0 Å². The lowest BCUT2D eigenvalue weighted by Gasteiger charge is -1.96. The van der Waals surface area contributed by atoms with E-state index >= 15 is 0 Å². The van der Waals surface area contributed by atoms with Crippen LogP contribution in [0.15, 0.2) is 36.1 Å². The van der Waals surface area contributed by atoms with Gasteiger partial charge in [0.1, 0.15) is 0 Å². The van der Waals surface area contributed by atoms with E-state index in [4.69, 9.17) is 0 Å². The Balaban J connectivity index is 2.24. The van der Waals surface area contributed by atoms with Crippen molar-refractivity contribution in [2.45, 2.75) is 32.1 Å². The zero-order chi connectivity index (χ0) is 11.1. The molecular weight excluding hydrogens is 192 g/mol. The summed E-state index contributed by atoms with van der Waals surface area (Å²) in [6.07, 6.45) is 9.59. The van der Waals surface area contributed by atoms with Gasteiger partial charge in [-0.05, 0) is 42.5 Å². The van der Waals surface area contributed by atoms with Crippen LogP contribution in [0.25, 0.3) is 6.08 Å². The van der Waals surface area contributed by atoms with Gasteiger partial charge in [-0.25, -0.2) is 0 Å². The average Bonchev–Trinajstić information content (AvgIpc) is 2.32. The first-order chi connectivity index (χ1) is 7.95. The van der Waals surface area contributed by atoms with Gasteiger partial charge in [-0.3, -0.25) is 0 Å². The van der Waals surface area contributed by atoms with Gasteiger partial charge in [-0.1, -0.05) is 30.2 Å². The van der Waals surface area contributed by atoms with Crippen molar-refractivity contribution in [3.8, 4) is 11.8 Å². The summed E-state index contributed by atoms with van der Waals surface area (Å²) in [4.78, 5) is 0. The van der Waals surface area contributed by atoms with E-state index in [0.717, 1.165) is 19.3 Å². The van der Waals surface area contributed by atoms with Crippen LogP contribution in [0.3, 0.4) is 0 Å². The maximum atomic E-state index is 3.24. The minimum Gasteiger partial charge on any atom is -0.125 e. The number of benzene rings is 1. The third kappa shape index (κ3) is 3.46. The van der Waals surface area contributed by atoms with Crippen molar-refractivity contribution in [1.82, 2.24) is 0 Å². The summed E-state index contributed by atoms with van der Waals surface area (Å²) in [7, 11) is 0. The molecule has 0 aromatic heterocycles. The summed E-state index contributed by atoms with van der Waals surface area (Å²) in [5, 5.41) is 0. The lowest BCUT2D eigenvalue weighted by atomic mass is 10.1. The Kier molecular flexibility index (Phi) is 4.06. The molecule has 2 rings (SSSR count). The first kappa shape index (κ1) is 10.8. The number of fused-ring (bicyclic) bond motifs is 2. The maximum absolute atomic E-state index is 3.24. The predicted octanol–water partition coefficient (Wildman–Crippen LogP) is 3.97. The lowest BCUT2D eigenvalue weighted by Crippen LogP contribution is -1.82. The topological polar surface area (TPSA) is 0 Å². The first-order valence-corrected chi connectivity index (χ1v) is 5.91. The third-order valence-electron chi connectivity index (χ3n) is 2.64. The molecule has 0 saturated heterocycles. The zero-order valence-corrected chi connectivity index (χ0v) is 9.50. The average molecular weight is 208 g/mol. The Morgan fingerprint density at radius 3 is 3.06 bits per heavy atom. The molecule has 1 aliphatic carbocycles. The molecule has 0 amide bonds. The maximum Gasteiger partial charge on any atom is 0.0340 e. The SMILES string of the molecule is C1=CCCCCC#CCc2cccc(c2)C=1. The van der Waals surface area contributed by atoms with Gasteiger partial charge in [-0.15, -0.1) is 11.7 Å². The van der Waals surface area contributed by atoms with Gasteiger partial charge in [0.25, 0.3) is 0 Å². The van der Waals surface area contributed by atoms with E-state index in [1.807, 2.05) is 0 Å². The molecule has 0 heteroatoms. The molecule has 2 bridgehead atoms. The van der Waals surface area contributed by atoms with Gasteiger partial charge in [0.2, 0.25) is 0 Å². The minimum atomic E-state index is 0.866. The van der Waals surface area contributed by atoms with Crippen molar-refractivity contribution in [3.05, 3.63) is 47.2 Å². The molecule has 1 aromatic rings. The highest BCUT2D eigenvalue weighted by Crippen LogP contribution is 2.08. The molecule has 1 aromatic carbocycles. The lowest BCUT2D eigenvalue weighted by molar-refractivity contribution is 0.772. The highest BCUT2D eigenvalue weighted by molar-refractivity contribution is 5.50. The summed E-state index contributed by atoms with van der Waals surface area (Å²) >= 11 is 0. The second-order valence-electron chi connectivity index (χ2n) is 4.04. The van der Waals surface area contributed by atoms with Crippen LogP contribution >= 0.6 is 0 Å². The van der Waals surface area contributed by atoms with E-state index in [1.54, 1.807) is 0 Å². The number of rotatable bonds is 0. The summed E-state index contributed by atoms with van der Waals surface area (Å²) < 4.78 is 0. The summed E-state index contributed by atoms with van der Waals surface area (Å²) in [5.74, 6) is 6.48. The van der Waals surface area contributed by atoms with Gasteiger partial charge < -0.3 is 0 Å². The fourth-order valence-corrected chi connectivity index (χ4v) is 1.74. The van der Waals surface area contributed by atoms with Crippen LogP contribution in [0.2, 0.25) is 0 Å². The summed E-state index contributed by atoms with van der Waals surface area (Å²) in [5.41, 5.74) is 5.75. The van der Waals surface area contributed by atoms with Crippen LogP contribution in [0.1, 0.15) is 36.8 Å². The van der Waals surface area contributed by atoms with Crippen LogP contribution in [0.4, 0.5) is 0 Å². The Hall–Kier alpha value is -1.70. The molecule has 0 heterocycles. The molecule has 0 unspecified atom stereocenters. The number of allylic oxidation sites excluding steroid dienone is 1. The third-order valence-corrected chi connectivity index (χ3v) is 2.64. The van der Waals surface area contributed by atoms with Crippen LogP contribution in [-0.2, 0) is 6.42 Å². The molecule has 80 valence electrons. The minimum absolute atomic E-state index is 0.866. The molecule has 0 nitrogen and oxygen atoms in total.